The molecule has 0 N–H and O–H groups in total. The maximum absolute atomic E-state index is 13.5. The second kappa shape index (κ2) is 8.30. The van der Waals surface area contributed by atoms with Crippen LogP contribution in [-0.4, -0.2) is 42.0 Å². The number of carbonyl (C=O) groups excluding carboxylic acids is 1. The Kier molecular flexibility index (Phi) is 5.37. The van der Waals surface area contributed by atoms with Crippen molar-refractivity contribution in [2.75, 3.05) is 31.1 Å². The summed E-state index contributed by atoms with van der Waals surface area (Å²) in [5.41, 5.74) is 3.03. The van der Waals surface area contributed by atoms with Gasteiger partial charge in [-0.15, -0.1) is 0 Å². The van der Waals surface area contributed by atoms with Gasteiger partial charge in [-0.25, -0.2) is 4.79 Å². The number of hydrogen-bond acceptors (Lipinski definition) is 4. The molecule has 2 aliphatic heterocycles. The topological polar surface area (TPSA) is 36.0 Å². The third-order valence-corrected chi connectivity index (χ3v) is 6.56. The molecule has 1 saturated heterocycles. The average molecular weight is 440 g/mol. The lowest BCUT2D eigenvalue weighted by Crippen LogP contribution is -2.52. The summed E-state index contributed by atoms with van der Waals surface area (Å²) in [5.74, 6) is 1.42. The third kappa shape index (κ3) is 3.90. The van der Waals surface area contributed by atoms with Crippen LogP contribution in [0.15, 0.2) is 59.3 Å². The quantitative estimate of drug-likeness (QED) is 0.532. The van der Waals surface area contributed by atoms with Crippen molar-refractivity contribution < 1.29 is 9.53 Å². The van der Waals surface area contributed by atoms with Crippen LogP contribution in [0.2, 0.25) is 5.02 Å². The highest BCUT2D eigenvalue weighted by Crippen LogP contribution is 2.40. The summed E-state index contributed by atoms with van der Waals surface area (Å²) < 4.78 is 6.12. The van der Waals surface area contributed by atoms with Crippen molar-refractivity contribution in [1.29, 1.82) is 0 Å². The van der Waals surface area contributed by atoms with Gasteiger partial charge in [-0.1, -0.05) is 29.8 Å². The zero-order valence-corrected chi connectivity index (χ0v) is 18.0. The van der Waals surface area contributed by atoms with Gasteiger partial charge in [0.1, 0.15) is 5.75 Å². The Morgan fingerprint density at radius 3 is 2.67 bits per heavy atom. The molecule has 3 aromatic rings. The number of fused-ring (bicyclic) bond motifs is 2. The van der Waals surface area contributed by atoms with Gasteiger partial charge < -0.3 is 9.64 Å². The SMILES string of the molecule is O=C(N1CCN(Cc2ccsc2)CC1)N1Cc2ccccc2Oc2ccc(Cl)cc21. The van der Waals surface area contributed by atoms with Crippen molar-refractivity contribution in [2.24, 2.45) is 0 Å². The molecule has 3 heterocycles. The first-order chi connectivity index (χ1) is 14.7. The minimum absolute atomic E-state index is 0.00555. The van der Waals surface area contributed by atoms with Crippen LogP contribution in [0.25, 0.3) is 0 Å². The molecule has 0 atom stereocenters. The predicted molar refractivity (Wildman–Crippen MR) is 121 cm³/mol. The second-order valence-electron chi connectivity index (χ2n) is 7.59. The Balaban J connectivity index is 1.36. The fraction of sp³-hybridized carbons (Fsp3) is 0.261. The Morgan fingerprint density at radius 1 is 1.03 bits per heavy atom. The molecule has 0 saturated carbocycles. The number of anilines is 1. The number of rotatable bonds is 2. The monoisotopic (exact) mass is 439 g/mol. The molecule has 0 bridgehead atoms. The van der Waals surface area contributed by atoms with Gasteiger partial charge in [0, 0.05) is 43.3 Å². The van der Waals surface area contributed by atoms with Gasteiger partial charge in [0.15, 0.2) is 5.75 Å². The summed E-state index contributed by atoms with van der Waals surface area (Å²) in [5, 5.41) is 4.88. The molecule has 5 nitrogen and oxygen atoms in total. The lowest BCUT2D eigenvalue weighted by Gasteiger charge is -2.37. The molecular formula is C23H22ClN3O2S. The molecule has 0 spiro atoms. The van der Waals surface area contributed by atoms with Crippen molar-refractivity contribution in [3.63, 3.8) is 0 Å². The van der Waals surface area contributed by atoms with E-state index in [9.17, 15) is 4.79 Å². The molecular weight excluding hydrogens is 418 g/mol. The number of urea groups is 1. The van der Waals surface area contributed by atoms with Crippen molar-refractivity contribution in [2.45, 2.75) is 13.1 Å². The van der Waals surface area contributed by atoms with Gasteiger partial charge >= 0.3 is 6.03 Å². The maximum atomic E-state index is 13.5. The summed E-state index contributed by atoms with van der Waals surface area (Å²) in [6.07, 6.45) is 0. The zero-order chi connectivity index (χ0) is 20.5. The van der Waals surface area contributed by atoms with Crippen LogP contribution in [0.3, 0.4) is 0 Å². The molecule has 2 aliphatic rings. The van der Waals surface area contributed by atoms with Crippen molar-refractivity contribution >= 4 is 34.7 Å². The van der Waals surface area contributed by atoms with Crippen LogP contribution >= 0.6 is 22.9 Å². The summed E-state index contributed by atoms with van der Waals surface area (Å²) in [7, 11) is 0. The number of para-hydroxylation sites is 1. The fourth-order valence-corrected chi connectivity index (χ4v) is 4.80. The summed E-state index contributed by atoms with van der Waals surface area (Å²) in [4.78, 5) is 19.7. The second-order valence-corrected chi connectivity index (χ2v) is 8.80. The third-order valence-electron chi connectivity index (χ3n) is 5.59. The number of hydrogen-bond donors (Lipinski definition) is 0. The molecule has 154 valence electrons. The van der Waals surface area contributed by atoms with E-state index >= 15 is 0 Å². The largest absolute Gasteiger partial charge is 0.455 e. The van der Waals surface area contributed by atoms with E-state index in [1.807, 2.05) is 41.3 Å². The Labute approximate surface area is 185 Å². The highest BCUT2D eigenvalue weighted by molar-refractivity contribution is 7.07. The molecule has 30 heavy (non-hydrogen) atoms. The van der Waals surface area contributed by atoms with E-state index in [1.54, 1.807) is 22.3 Å². The van der Waals surface area contributed by atoms with E-state index in [4.69, 9.17) is 16.3 Å². The Bertz CT molecular complexity index is 1050. The highest BCUT2D eigenvalue weighted by atomic mass is 35.5. The standard InChI is InChI=1S/C23H22ClN3O2S/c24-19-5-6-22-20(13-19)27(15-18-3-1-2-4-21(18)29-22)23(28)26-10-8-25(9-11-26)14-17-7-12-30-16-17/h1-7,12-13,16H,8-11,14-15H2. The fourth-order valence-electron chi connectivity index (χ4n) is 3.98. The van der Waals surface area contributed by atoms with Crippen LogP contribution in [-0.2, 0) is 13.1 Å². The van der Waals surface area contributed by atoms with Crippen molar-refractivity contribution in [1.82, 2.24) is 9.80 Å². The number of carbonyl (C=O) groups is 1. The Hall–Kier alpha value is -2.54. The van der Waals surface area contributed by atoms with Crippen LogP contribution in [0.1, 0.15) is 11.1 Å². The molecule has 5 rings (SSSR count). The molecule has 7 heteroatoms. The number of amides is 2. The van der Waals surface area contributed by atoms with Gasteiger partial charge in [-0.3, -0.25) is 9.80 Å². The molecule has 0 aliphatic carbocycles. The van der Waals surface area contributed by atoms with Gasteiger partial charge in [-0.2, -0.15) is 11.3 Å². The minimum atomic E-state index is -0.00555. The van der Waals surface area contributed by atoms with Crippen LogP contribution in [0.5, 0.6) is 11.5 Å². The highest BCUT2D eigenvalue weighted by Gasteiger charge is 2.30. The van der Waals surface area contributed by atoms with Gasteiger partial charge in [-0.05, 0) is 46.7 Å². The zero-order valence-electron chi connectivity index (χ0n) is 16.5. The first-order valence-electron chi connectivity index (χ1n) is 10.0. The first kappa shape index (κ1) is 19.4. The predicted octanol–water partition coefficient (Wildman–Crippen LogP) is 5.45. The Morgan fingerprint density at radius 2 is 1.87 bits per heavy atom. The number of nitrogens with zero attached hydrogens (tertiary/aromatic N) is 3. The van der Waals surface area contributed by atoms with E-state index in [0.717, 1.165) is 30.9 Å². The maximum Gasteiger partial charge on any atom is 0.325 e. The summed E-state index contributed by atoms with van der Waals surface area (Å²) >= 11 is 7.99. The summed E-state index contributed by atoms with van der Waals surface area (Å²) in [6.45, 7) is 4.54. The van der Waals surface area contributed by atoms with Gasteiger partial charge in [0.2, 0.25) is 0 Å². The first-order valence-corrected chi connectivity index (χ1v) is 11.3. The number of piperazine rings is 1. The minimum Gasteiger partial charge on any atom is -0.455 e. The smallest absolute Gasteiger partial charge is 0.325 e. The number of ether oxygens (including phenoxy) is 1. The average Bonchev–Trinajstić information content (AvgIpc) is 3.21. The van der Waals surface area contributed by atoms with Crippen LogP contribution < -0.4 is 9.64 Å². The number of halogens is 1. The van der Waals surface area contributed by atoms with Crippen LogP contribution in [0, 0.1) is 0 Å². The van der Waals surface area contributed by atoms with Gasteiger partial charge in [0.05, 0.1) is 12.2 Å². The van der Waals surface area contributed by atoms with Crippen molar-refractivity contribution in [3.05, 3.63) is 75.4 Å². The van der Waals surface area contributed by atoms with E-state index in [-0.39, 0.29) is 6.03 Å². The van der Waals surface area contributed by atoms with E-state index in [1.165, 1.54) is 5.56 Å². The van der Waals surface area contributed by atoms with Crippen LogP contribution in [0.4, 0.5) is 10.5 Å². The molecule has 0 unspecified atom stereocenters. The number of benzene rings is 2. The molecule has 1 aromatic heterocycles. The molecule has 1 fully saturated rings. The molecule has 0 radical (unpaired) electrons. The van der Waals surface area contributed by atoms with Crippen molar-refractivity contribution in [3.8, 4) is 11.5 Å². The summed E-state index contributed by atoms with van der Waals surface area (Å²) in [6, 6.07) is 15.4. The van der Waals surface area contributed by atoms with Gasteiger partial charge in [0.25, 0.3) is 0 Å². The molecule has 2 amide bonds. The van der Waals surface area contributed by atoms with E-state index in [0.29, 0.717) is 36.1 Å². The normalized spacial score (nSPS) is 16.4. The molecule has 2 aromatic carbocycles. The lowest BCUT2D eigenvalue weighted by molar-refractivity contribution is 0.139. The van der Waals surface area contributed by atoms with E-state index < -0.39 is 0 Å². The van der Waals surface area contributed by atoms with E-state index in [2.05, 4.69) is 21.7 Å². The number of thiophene rings is 1. The lowest BCUT2D eigenvalue weighted by atomic mass is 10.2.